The van der Waals surface area contributed by atoms with Gasteiger partial charge in [-0.1, -0.05) is 18.6 Å². The predicted molar refractivity (Wildman–Crippen MR) is 125 cm³/mol. The van der Waals surface area contributed by atoms with E-state index in [9.17, 15) is 10.5 Å². The van der Waals surface area contributed by atoms with Crippen LogP contribution in [0, 0.1) is 22.7 Å². The number of likely N-dealkylation sites (tertiary alicyclic amines) is 2. The number of benzene rings is 1. The van der Waals surface area contributed by atoms with E-state index in [1.54, 1.807) is 0 Å². The number of rotatable bonds is 7. The average Bonchev–Trinajstić information content (AvgIpc) is 3.35. The molecule has 31 heavy (non-hydrogen) atoms. The summed E-state index contributed by atoms with van der Waals surface area (Å²) in [5.74, 6) is 0.776. The van der Waals surface area contributed by atoms with E-state index < -0.39 is 0 Å². The molecule has 164 valence electrons. The summed E-state index contributed by atoms with van der Waals surface area (Å²) >= 11 is 0. The van der Waals surface area contributed by atoms with Crippen molar-refractivity contribution in [2.24, 2.45) is 0 Å². The van der Waals surface area contributed by atoms with Gasteiger partial charge in [-0.25, -0.2) is 0 Å². The van der Waals surface area contributed by atoms with Crippen LogP contribution in [0.2, 0.25) is 0 Å². The van der Waals surface area contributed by atoms with Crippen LogP contribution in [0.1, 0.15) is 45.4 Å². The second-order valence-electron chi connectivity index (χ2n) is 9.00. The molecule has 0 spiro atoms. The Hall–Kier alpha value is -2.54. The van der Waals surface area contributed by atoms with Gasteiger partial charge in [0.25, 0.3) is 0 Å². The molecule has 6 heteroatoms. The van der Waals surface area contributed by atoms with Crippen LogP contribution in [0.4, 0.5) is 11.4 Å². The minimum atomic E-state index is 0.212. The van der Waals surface area contributed by atoms with Crippen LogP contribution in [0.5, 0.6) is 0 Å². The fourth-order valence-electron chi connectivity index (χ4n) is 5.32. The molecule has 0 radical (unpaired) electrons. The largest absolute Gasteiger partial charge is 0.324 e. The third-order valence-corrected chi connectivity index (χ3v) is 7.03. The van der Waals surface area contributed by atoms with Gasteiger partial charge < -0.3 is 19.6 Å². The first-order chi connectivity index (χ1) is 15.2. The summed E-state index contributed by atoms with van der Waals surface area (Å²) in [6.07, 6.45) is 7.45. The van der Waals surface area contributed by atoms with Gasteiger partial charge in [-0.05, 0) is 70.8 Å². The number of nitriles is 2. The maximum absolute atomic E-state index is 9.75. The van der Waals surface area contributed by atoms with Crippen molar-refractivity contribution in [2.45, 2.75) is 51.5 Å². The SMILES string of the molecule is CC1CCCN1CCCN1C(=C(C#N)C#N)N(CCN2CCCCC2)c2ccccc21. The van der Waals surface area contributed by atoms with Crippen LogP contribution in [0.25, 0.3) is 0 Å². The Kier molecular flexibility index (Phi) is 7.12. The van der Waals surface area contributed by atoms with Gasteiger partial charge in [0.15, 0.2) is 5.57 Å². The lowest BCUT2D eigenvalue weighted by atomic mass is 10.1. The van der Waals surface area contributed by atoms with E-state index in [2.05, 4.69) is 62.9 Å². The Morgan fingerprint density at radius 3 is 2.16 bits per heavy atom. The number of allylic oxidation sites excluding steroid dienone is 1. The maximum Gasteiger partial charge on any atom is 0.170 e. The molecular formula is C25H34N6. The highest BCUT2D eigenvalue weighted by Gasteiger charge is 2.34. The molecule has 1 aromatic rings. The lowest BCUT2D eigenvalue weighted by Gasteiger charge is -2.31. The van der Waals surface area contributed by atoms with Gasteiger partial charge in [0, 0.05) is 32.2 Å². The topological polar surface area (TPSA) is 60.5 Å². The zero-order valence-corrected chi connectivity index (χ0v) is 18.8. The molecule has 2 saturated heterocycles. The lowest BCUT2D eigenvalue weighted by molar-refractivity contribution is 0.234. The highest BCUT2D eigenvalue weighted by Crippen LogP contribution is 2.42. The highest BCUT2D eigenvalue weighted by molar-refractivity contribution is 5.84. The first-order valence-corrected chi connectivity index (χ1v) is 11.9. The number of para-hydroxylation sites is 2. The number of anilines is 2. The number of hydrogen-bond donors (Lipinski definition) is 0. The number of fused-ring (bicyclic) bond motifs is 1. The first-order valence-electron chi connectivity index (χ1n) is 11.9. The van der Waals surface area contributed by atoms with E-state index in [1.165, 1.54) is 38.6 Å². The summed E-state index contributed by atoms with van der Waals surface area (Å²) in [6, 6.07) is 13.4. The van der Waals surface area contributed by atoms with Gasteiger partial charge in [-0.3, -0.25) is 0 Å². The van der Waals surface area contributed by atoms with Crippen LogP contribution in [0.15, 0.2) is 35.7 Å². The second kappa shape index (κ2) is 10.2. The predicted octanol–water partition coefficient (Wildman–Crippen LogP) is 3.93. The normalized spacial score (nSPS) is 21.8. The minimum absolute atomic E-state index is 0.212. The van der Waals surface area contributed by atoms with Crippen molar-refractivity contribution >= 4 is 11.4 Å². The van der Waals surface area contributed by atoms with Crippen LogP contribution < -0.4 is 9.80 Å². The molecule has 0 aliphatic carbocycles. The molecule has 0 bridgehead atoms. The van der Waals surface area contributed by atoms with Gasteiger partial charge in [0.05, 0.1) is 11.4 Å². The summed E-state index contributed by atoms with van der Waals surface area (Å²) in [7, 11) is 0. The molecule has 0 amide bonds. The van der Waals surface area contributed by atoms with Gasteiger partial charge in [-0.15, -0.1) is 0 Å². The lowest BCUT2D eigenvalue weighted by Crippen LogP contribution is -2.39. The van der Waals surface area contributed by atoms with Crippen LogP contribution in [0.3, 0.4) is 0 Å². The van der Waals surface area contributed by atoms with Gasteiger partial charge >= 0.3 is 0 Å². The van der Waals surface area contributed by atoms with Crippen LogP contribution >= 0.6 is 0 Å². The Bertz CT molecular complexity index is 857. The molecule has 1 aromatic carbocycles. The van der Waals surface area contributed by atoms with E-state index >= 15 is 0 Å². The van der Waals surface area contributed by atoms with Crippen molar-refractivity contribution in [2.75, 3.05) is 55.6 Å². The molecule has 4 rings (SSSR count). The summed E-state index contributed by atoms with van der Waals surface area (Å²) < 4.78 is 0. The number of hydrogen-bond acceptors (Lipinski definition) is 6. The molecule has 1 unspecified atom stereocenters. The van der Waals surface area contributed by atoms with Crippen molar-refractivity contribution in [3.8, 4) is 12.1 Å². The van der Waals surface area contributed by atoms with Crippen molar-refractivity contribution < 1.29 is 0 Å². The van der Waals surface area contributed by atoms with E-state index in [1.807, 2.05) is 0 Å². The van der Waals surface area contributed by atoms with Crippen molar-refractivity contribution in [3.05, 3.63) is 35.7 Å². The fraction of sp³-hybridized carbons (Fsp3) is 0.600. The zero-order valence-electron chi connectivity index (χ0n) is 18.8. The number of nitrogens with zero attached hydrogens (tertiary/aromatic N) is 6. The third kappa shape index (κ3) is 4.71. The molecule has 3 aliphatic heterocycles. The van der Waals surface area contributed by atoms with E-state index in [0.29, 0.717) is 6.04 Å². The van der Waals surface area contributed by atoms with Gasteiger partial charge in [-0.2, -0.15) is 10.5 Å². The van der Waals surface area contributed by atoms with E-state index in [0.717, 1.165) is 62.9 Å². The third-order valence-electron chi connectivity index (χ3n) is 7.03. The monoisotopic (exact) mass is 418 g/mol. The van der Waals surface area contributed by atoms with Crippen molar-refractivity contribution in [1.82, 2.24) is 9.80 Å². The molecule has 0 saturated carbocycles. The molecule has 0 aromatic heterocycles. The average molecular weight is 419 g/mol. The molecule has 0 N–H and O–H groups in total. The minimum Gasteiger partial charge on any atom is -0.324 e. The Morgan fingerprint density at radius 1 is 0.871 bits per heavy atom. The standard InChI is InChI=1S/C25H34N6/c1-21-9-7-14-29(21)15-8-16-30-23-10-3-4-11-24(23)31(25(30)22(19-26)20-27)18-17-28-12-5-2-6-13-28/h3-4,10-11,21H,2,5-9,12-18H2,1H3. The molecule has 6 nitrogen and oxygen atoms in total. The quantitative estimate of drug-likeness (QED) is 0.625. The van der Waals surface area contributed by atoms with E-state index in [-0.39, 0.29) is 5.57 Å². The van der Waals surface area contributed by atoms with Gasteiger partial charge in [0.2, 0.25) is 0 Å². The summed E-state index contributed by atoms with van der Waals surface area (Å²) in [4.78, 5) is 9.51. The Morgan fingerprint density at radius 2 is 1.55 bits per heavy atom. The first kappa shape index (κ1) is 21.7. The molecule has 1 atom stereocenters. The van der Waals surface area contributed by atoms with E-state index in [4.69, 9.17) is 0 Å². The van der Waals surface area contributed by atoms with Crippen molar-refractivity contribution in [1.29, 1.82) is 10.5 Å². The molecule has 3 aliphatic rings. The maximum atomic E-state index is 9.75. The highest BCUT2D eigenvalue weighted by atomic mass is 15.4. The Labute approximate surface area is 186 Å². The molecule has 3 heterocycles. The number of piperidine rings is 1. The fourth-order valence-corrected chi connectivity index (χ4v) is 5.32. The van der Waals surface area contributed by atoms with Crippen LogP contribution in [-0.4, -0.2) is 61.7 Å². The van der Waals surface area contributed by atoms with Crippen LogP contribution in [-0.2, 0) is 0 Å². The summed E-state index contributed by atoms with van der Waals surface area (Å²) in [5.41, 5.74) is 2.45. The molecule has 2 fully saturated rings. The Balaban J connectivity index is 1.55. The zero-order chi connectivity index (χ0) is 21.6. The van der Waals surface area contributed by atoms with Crippen molar-refractivity contribution in [3.63, 3.8) is 0 Å². The molecular weight excluding hydrogens is 384 g/mol. The van der Waals surface area contributed by atoms with Gasteiger partial charge in [0.1, 0.15) is 18.0 Å². The second-order valence-corrected chi connectivity index (χ2v) is 9.00. The summed E-state index contributed by atoms with van der Waals surface area (Å²) in [6.45, 7) is 9.45. The smallest absolute Gasteiger partial charge is 0.170 e. The summed E-state index contributed by atoms with van der Waals surface area (Å²) in [5, 5.41) is 19.5.